The van der Waals surface area contributed by atoms with Crippen LogP contribution >= 0.6 is 12.2 Å². The van der Waals surface area contributed by atoms with Crippen molar-refractivity contribution < 1.29 is 29.4 Å². The largest absolute Gasteiger partial charge is 2.00 e. The number of carbonyl (C=O) groups is 1. The number of carboxylic acid groups (broad SMARTS) is 1. The van der Waals surface area contributed by atoms with E-state index in [-0.39, 0.29) is 25.1 Å². The van der Waals surface area contributed by atoms with Gasteiger partial charge in [0.05, 0.1) is 28.8 Å². The van der Waals surface area contributed by atoms with Crippen molar-refractivity contribution in [1.82, 2.24) is 19.9 Å². The summed E-state index contributed by atoms with van der Waals surface area (Å²) in [4.78, 5) is 28.6. The van der Waals surface area contributed by atoms with E-state index in [9.17, 15) is 4.79 Å². The van der Waals surface area contributed by atoms with Gasteiger partial charge in [-0.2, -0.15) is 15.7 Å². The van der Waals surface area contributed by atoms with E-state index in [1.807, 2.05) is 12.4 Å². The second-order valence-corrected chi connectivity index (χ2v) is 14.3. The van der Waals surface area contributed by atoms with Crippen LogP contribution in [0.2, 0.25) is 0 Å². The molecular weight excluding hydrogens is 886 g/mol. The van der Waals surface area contributed by atoms with Crippen LogP contribution < -0.4 is 0 Å². The number of nitrogens with zero attached hydrogens (tertiary/aromatic N) is 8. The molecule has 0 aliphatic heterocycles. The predicted octanol–water partition coefficient (Wildman–Crippen LogP) is 12.5. The number of hydrogen-bond donors (Lipinski definition) is 1. The quantitative estimate of drug-likeness (QED) is 0.0123. The third kappa shape index (κ3) is 25.8. The smallest absolute Gasteiger partial charge is 0.753 e. The summed E-state index contributed by atoms with van der Waals surface area (Å²) in [5, 5.41) is 43.5. The number of aromatic nitrogens is 4. The summed E-state index contributed by atoms with van der Waals surface area (Å²) in [6, 6.07) is 19.3. The summed E-state index contributed by atoms with van der Waals surface area (Å²) in [5.41, 5.74) is 7.52. The predicted molar refractivity (Wildman–Crippen MR) is 248 cm³/mol. The first kappa shape index (κ1) is 55.7. The molecular formula is C48H56N8O2RuS2. The molecule has 0 amide bonds. The number of nitriles is 3. The molecule has 4 aromatic heterocycles. The minimum Gasteiger partial charge on any atom is -0.753 e. The summed E-state index contributed by atoms with van der Waals surface area (Å²) < 4.78 is 0. The maximum absolute atomic E-state index is 10.9. The minimum atomic E-state index is -1.28. The molecule has 0 saturated carbocycles. The molecule has 0 spiro atoms. The van der Waals surface area contributed by atoms with Crippen molar-refractivity contribution in [2.75, 3.05) is 0 Å². The second-order valence-electron chi connectivity index (χ2n) is 13.9. The summed E-state index contributed by atoms with van der Waals surface area (Å²) >= 11 is 7.40. The Morgan fingerprint density at radius 1 is 0.656 bits per heavy atom. The standard InChI is InChI=1S/C28H44N2.C18H12N4O2.CHNS.CNS.Ru/c1-3-5-7-9-11-13-15-17-25-19-21-29-27(23-25)28-24-26(20-22-30-28)18-16-14-12-10-8-6-4-2;1-12(10-19)6-13-2-4-21-16(8-13)17-9-14(3-5-22-17)7-15(11-20)18(23)24;2*2-1-3;/h19-24H,3-18H2,1-2H3;2-9H,1H3,(H,23,24);3H;;/q;;;-1;+2/p-1/b;12-6-,15-7-;;;. The van der Waals surface area contributed by atoms with Crippen LogP contribution in [0.1, 0.15) is 133 Å². The van der Waals surface area contributed by atoms with Gasteiger partial charge in [-0.05, 0) is 116 Å². The third-order valence-corrected chi connectivity index (χ3v) is 9.10. The zero-order valence-corrected chi connectivity index (χ0v) is 38.9. The van der Waals surface area contributed by atoms with Gasteiger partial charge >= 0.3 is 25.4 Å². The van der Waals surface area contributed by atoms with Crippen molar-refractivity contribution in [1.29, 1.82) is 15.8 Å². The average molecular weight is 942 g/mol. The van der Waals surface area contributed by atoms with Crippen molar-refractivity contribution in [3.8, 4) is 40.3 Å². The van der Waals surface area contributed by atoms with Crippen molar-refractivity contribution >= 4 is 48.1 Å². The van der Waals surface area contributed by atoms with Crippen molar-refractivity contribution in [2.24, 2.45) is 0 Å². The van der Waals surface area contributed by atoms with Crippen LogP contribution in [-0.4, -0.2) is 36.2 Å². The third-order valence-electron chi connectivity index (χ3n) is 9.10. The first-order valence-corrected chi connectivity index (χ1v) is 21.3. The molecule has 0 aliphatic carbocycles. The Labute approximate surface area is 387 Å². The molecule has 13 heteroatoms. The van der Waals surface area contributed by atoms with Gasteiger partial charge in [0.25, 0.3) is 0 Å². The Morgan fingerprint density at radius 2 is 1.00 bits per heavy atom. The minimum absolute atomic E-state index is 0. The Balaban J connectivity index is 0.00000105. The van der Waals surface area contributed by atoms with Gasteiger partial charge in [0.15, 0.2) is 0 Å². The first-order chi connectivity index (χ1) is 29.2. The number of thiocyanates is 1. The number of pyridine rings is 4. The Hall–Kier alpha value is -5.34. The molecule has 4 rings (SSSR count). The molecule has 0 fully saturated rings. The van der Waals surface area contributed by atoms with E-state index in [1.54, 1.807) is 49.5 Å². The Morgan fingerprint density at radius 3 is 1.36 bits per heavy atom. The molecule has 0 atom stereocenters. The topological polar surface area (TPSA) is 183 Å². The van der Waals surface area contributed by atoms with Gasteiger partial charge in [-0.3, -0.25) is 19.9 Å². The van der Waals surface area contributed by atoms with Crippen molar-refractivity contribution in [3.05, 3.63) is 112 Å². The number of thiocarbonyl (C=S) groups is 1. The number of aliphatic carboxylic acids is 1. The van der Waals surface area contributed by atoms with E-state index in [4.69, 9.17) is 26.3 Å². The van der Waals surface area contributed by atoms with E-state index in [0.29, 0.717) is 22.5 Å². The number of isothiocyanates is 1. The van der Waals surface area contributed by atoms with Gasteiger partial charge in [-0.15, -0.1) is 0 Å². The van der Waals surface area contributed by atoms with Crippen LogP contribution in [0.4, 0.5) is 0 Å². The molecule has 4 heterocycles. The number of carboxylic acids is 1. The number of allylic oxidation sites excluding steroid dienone is 1. The average Bonchev–Trinajstić information content (AvgIpc) is 3.26. The number of aryl methyl sites for hydroxylation is 2. The molecule has 0 unspecified atom stereocenters. The molecule has 0 saturated heterocycles. The van der Waals surface area contributed by atoms with Crippen LogP contribution in [0, 0.1) is 33.3 Å². The molecule has 1 N–H and O–H groups in total. The van der Waals surface area contributed by atoms with Crippen molar-refractivity contribution in [2.45, 2.75) is 124 Å². The van der Waals surface area contributed by atoms with E-state index >= 15 is 0 Å². The van der Waals surface area contributed by atoms with Crippen LogP contribution in [-0.2, 0) is 49.7 Å². The molecule has 0 aliphatic rings. The molecule has 0 aromatic carbocycles. The van der Waals surface area contributed by atoms with Gasteiger partial charge in [-0.25, -0.2) is 10.1 Å². The van der Waals surface area contributed by atoms with E-state index in [2.05, 4.69) is 89.0 Å². The van der Waals surface area contributed by atoms with Gasteiger partial charge < -0.3 is 23.1 Å². The first-order valence-electron chi connectivity index (χ1n) is 20.5. The fourth-order valence-corrected chi connectivity index (χ4v) is 6.06. The van der Waals surface area contributed by atoms with Crippen molar-refractivity contribution in [3.63, 3.8) is 0 Å². The zero-order valence-electron chi connectivity index (χ0n) is 35.5. The fourth-order valence-electron chi connectivity index (χ4n) is 6.06. The molecule has 61 heavy (non-hydrogen) atoms. The summed E-state index contributed by atoms with van der Waals surface area (Å²) in [7, 11) is 0. The summed E-state index contributed by atoms with van der Waals surface area (Å²) in [6.45, 7) is 6.27. The molecule has 10 nitrogen and oxygen atoms in total. The van der Waals surface area contributed by atoms with Gasteiger partial charge in [0, 0.05) is 30.4 Å². The van der Waals surface area contributed by atoms with Gasteiger partial charge in [0.1, 0.15) is 11.6 Å². The summed E-state index contributed by atoms with van der Waals surface area (Å²) in [6.07, 6.45) is 31.4. The monoisotopic (exact) mass is 942 g/mol. The Bertz CT molecular complexity index is 2040. The maximum Gasteiger partial charge on any atom is 2.00 e. The zero-order chi connectivity index (χ0) is 44.2. The SMILES string of the molecule is C/C(C#N)=C/c1ccnc(-c2cc(/C=C(/C#N)C(=O)O)ccn2)c1.CCCCCCCCCc1ccnc(-c2cc(CCCCCCCCC)ccn2)c1.N#C[S-].[N-]=C=S.[Ru+2]. The van der Waals surface area contributed by atoms with E-state index < -0.39 is 5.97 Å². The van der Waals surface area contributed by atoms with Crippen LogP contribution in [0.5, 0.6) is 0 Å². The molecule has 0 bridgehead atoms. The number of hydrogen-bond acceptors (Lipinski definition) is 10. The van der Waals surface area contributed by atoms with E-state index in [0.717, 1.165) is 29.8 Å². The molecule has 4 aromatic rings. The second kappa shape index (κ2) is 36.5. The van der Waals surface area contributed by atoms with Gasteiger partial charge in [0.2, 0.25) is 0 Å². The van der Waals surface area contributed by atoms with E-state index in [1.165, 1.54) is 124 Å². The van der Waals surface area contributed by atoms with Crippen LogP contribution in [0.3, 0.4) is 0 Å². The van der Waals surface area contributed by atoms with Crippen LogP contribution in [0.25, 0.3) is 40.3 Å². The molecule has 0 radical (unpaired) electrons. The van der Waals surface area contributed by atoms with Crippen LogP contribution in [0.15, 0.2) is 84.5 Å². The normalized spacial score (nSPS) is 10.2. The summed E-state index contributed by atoms with van der Waals surface area (Å²) in [5.74, 6) is -1.28. The number of rotatable bonds is 21. The maximum atomic E-state index is 10.9. The fraction of sp³-hybridized carbons (Fsp3) is 0.396. The molecule has 320 valence electrons. The Kier molecular flexibility index (Phi) is 33.3. The number of unbranched alkanes of at least 4 members (excludes halogenated alkanes) is 12. The van der Waals surface area contributed by atoms with Gasteiger partial charge in [-0.1, -0.05) is 109 Å².